The van der Waals surface area contributed by atoms with Gasteiger partial charge in [-0.25, -0.2) is 4.79 Å². The minimum absolute atomic E-state index is 0.0635. The average Bonchev–Trinajstić information content (AvgIpc) is 2.71. The van der Waals surface area contributed by atoms with Gasteiger partial charge in [-0.1, -0.05) is 24.3 Å². The van der Waals surface area contributed by atoms with Crippen molar-refractivity contribution in [3.05, 3.63) is 64.0 Å². The zero-order chi connectivity index (χ0) is 20.3. The van der Waals surface area contributed by atoms with Gasteiger partial charge in [-0.05, 0) is 44.4 Å². The van der Waals surface area contributed by atoms with Crippen LogP contribution in [0.5, 0.6) is 5.75 Å². The van der Waals surface area contributed by atoms with Gasteiger partial charge in [0, 0.05) is 35.7 Å². The standard InChI is InChI=1S/C23H27NO4/c1-5-14(2)13-28-23(26)18-12-19-20(24-15(18)3)10-16(11-21(19)25)17-8-6-7-9-22(17)27-4/h5-9,16,24H,10-13H2,1-4H3/b14-5+/t16-/m1/s1. The van der Waals surface area contributed by atoms with Gasteiger partial charge in [0.25, 0.3) is 0 Å². The first-order valence-electron chi connectivity index (χ1n) is 9.58. The van der Waals surface area contributed by atoms with Crippen LogP contribution in [-0.2, 0) is 14.3 Å². The zero-order valence-electron chi connectivity index (χ0n) is 16.9. The number of carbonyl (C=O) groups is 2. The Balaban J connectivity index is 1.78. The minimum atomic E-state index is -0.364. The van der Waals surface area contributed by atoms with Crippen LogP contribution in [0.1, 0.15) is 51.5 Å². The van der Waals surface area contributed by atoms with Gasteiger partial charge in [-0.15, -0.1) is 0 Å². The van der Waals surface area contributed by atoms with Gasteiger partial charge < -0.3 is 14.8 Å². The lowest BCUT2D eigenvalue weighted by Crippen LogP contribution is -2.31. The lowest BCUT2D eigenvalue weighted by molar-refractivity contribution is -0.138. The molecule has 1 atom stereocenters. The number of allylic oxidation sites excluding steroid dienone is 4. The highest BCUT2D eigenvalue weighted by molar-refractivity contribution is 6.01. The molecule has 0 saturated heterocycles. The summed E-state index contributed by atoms with van der Waals surface area (Å²) in [7, 11) is 1.65. The van der Waals surface area contributed by atoms with Crippen molar-refractivity contribution in [3.63, 3.8) is 0 Å². The van der Waals surface area contributed by atoms with Crippen LogP contribution in [0.3, 0.4) is 0 Å². The van der Waals surface area contributed by atoms with Gasteiger partial charge in [-0.3, -0.25) is 4.79 Å². The number of Topliss-reactive ketones (excluding diaryl/α,β-unsaturated/α-hetero) is 1. The van der Waals surface area contributed by atoms with Crippen molar-refractivity contribution < 1.29 is 19.1 Å². The summed E-state index contributed by atoms with van der Waals surface area (Å²) in [5.74, 6) is 0.578. The molecule has 5 heteroatoms. The highest BCUT2D eigenvalue weighted by atomic mass is 16.5. The molecule has 1 aromatic rings. The molecule has 1 aromatic carbocycles. The lowest BCUT2D eigenvalue weighted by Gasteiger charge is -2.32. The topological polar surface area (TPSA) is 64.6 Å². The molecule has 148 valence electrons. The predicted octanol–water partition coefficient (Wildman–Crippen LogP) is 4.17. The normalized spacial score (nSPS) is 19.9. The smallest absolute Gasteiger partial charge is 0.336 e. The Labute approximate surface area is 166 Å². The van der Waals surface area contributed by atoms with Gasteiger partial charge in [0.05, 0.1) is 12.7 Å². The summed E-state index contributed by atoms with van der Waals surface area (Å²) in [5, 5.41) is 3.30. The molecule has 1 heterocycles. The molecule has 0 fully saturated rings. The zero-order valence-corrected chi connectivity index (χ0v) is 16.9. The number of hydrogen-bond acceptors (Lipinski definition) is 5. The van der Waals surface area contributed by atoms with E-state index < -0.39 is 0 Å². The van der Waals surface area contributed by atoms with Crippen LogP contribution in [-0.4, -0.2) is 25.5 Å². The van der Waals surface area contributed by atoms with E-state index in [-0.39, 0.29) is 24.3 Å². The number of nitrogens with one attached hydrogen (secondary N) is 1. The highest BCUT2D eigenvalue weighted by Crippen LogP contribution is 2.41. The summed E-state index contributed by atoms with van der Waals surface area (Å²) in [6, 6.07) is 7.83. The van der Waals surface area contributed by atoms with Gasteiger partial charge in [0.1, 0.15) is 12.4 Å². The third kappa shape index (κ3) is 4.03. The van der Waals surface area contributed by atoms with Crippen LogP contribution in [0.2, 0.25) is 0 Å². The Morgan fingerprint density at radius 1 is 1.29 bits per heavy atom. The molecule has 3 rings (SSSR count). The van der Waals surface area contributed by atoms with E-state index in [4.69, 9.17) is 9.47 Å². The quantitative estimate of drug-likeness (QED) is 0.612. The second-order valence-corrected chi connectivity index (χ2v) is 7.34. The maximum atomic E-state index is 12.9. The molecule has 0 spiro atoms. The average molecular weight is 381 g/mol. The molecule has 2 aliphatic rings. The molecule has 1 aliphatic carbocycles. The number of hydrogen-bond donors (Lipinski definition) is 1. The third-order valence-electron chi connectivity index (χ3n) is 5.48. The molecule has 28 heavy (non-hydrogen) atoms. The van der Waals surface area contributed by atoms with Crippen LogP contribution < -0.4 is 10.1 Å². The van der Waals surface area contributed by atoms with E-state index in [0.29, 0.717) is 24.0 Å². The van der Waals surface area contributed by atoms with E-state index in [1.165, 1.54) is 0 Å². The summed E-state index contributed by atoms with van der Waals surface area (Å²) in [5.41, 5.74) is 4.93. The molecule has 0 aromatic heterocycles. The van der Waals surface area contributed by atoms with Gasteiger partial charge in [0.15, 0.2) is 5.78 Å². The van der Waals surface area contributed by atoms with Crippen molar-refractivity contribution in [3.8, 4) is 5.75 Å². The number of ether oxygens (including phenoxy) is 2. The van der Waals surface area contributed by atoms with Crippen LogP contribution in [0, 0.1) is 0 Å². The molecule has 1 aliphatic heterocycles. The summed E-state index contributed by atoms with van der Waals surface area (Å²) >= 11 is 0. The van der Waals surface area contributed by atoms with Crippen LogP contribution in [0.25, 0.3) is 0 Å². The molecule has 0 unspecified atom stereocenters. The lowest BCUT2D eigenvalue weighted by atomic mass is 9.78. The molecule has 0 radical (unpaired) electrons. The maximum absolute atomic E-state index is 12.9. The minimum Gasteiger partial charge on any atom is -0.496 e. The number of benzene rings is 1. The maximum Gasteiger partial charge on any atom is 0.336 e. The van der Waals surface area contributed by atoms with Crippen LogP contribution in [0.4, 0.5) is 0 Å². The second-order valence-electron chi connectivity index (χ2n) is 7.34. The van der Waals surface area contributed by atoms with E-state index >= 15 is 0 Å². The molecule has 0 amide bonds. The fourth-order valence-electron chi connectivity index (χ4n) is 3.70. The Kier molecular flexibility index (Phi) is 6.02. The van der Waals surface area contributed by atoms with Gasteiger partial charge in [0.2, 0.25) is 0 Å². The van der Waals surface area contributed by atoms with Crippen LogP contribution in [0.15, 0.2) is 58.5 Å². The first kappa shape index (κ1) is 19.9. The van der Waals surface area contributed by atoms with E-state index in [2.05, 4.69) is 5.32 Å². The first-order valence-corrected chi connectivity index (χ1v) is 9.58. The monoisotopic (exact) mass is 381 g/mol. The number of methoxy groups -OCH3 is 1. The van der Waals surface area contributed by atoms with E-state index in [0.717, 1.165) is 34.7 Å². The van der Waals surface area contributed by atoms with Crippen molar-refractivity contribution >= 4 is 11.8 Å². The fraction of sp³-hybridized carbons (Fsp3) is 0.391. The number of ketones is 1. The number of para-hydroxylation sites is 1. The predicted molar refractivity (Wildman–Crippen MR) is 108 cm³/mol. The Bertz CT molecular complexity index is 892. The van der Waals surface area contributed by atoms with Crippen molar-refractivity contribution in [2.75, 3.05) is 13.7 Å². The molecular formula is C23H27NO4. The number of rotatable bonds is 5. The Hall–Kier alpha value is -2.82. The molecule has 5 nitrogen and oxygen atoms in total. The van der Waals surface area contributed by atoms with E-state index in [1.54, 1.807) is 7.11 Å². The molecule has 0 bridgehead atoms. The van der Waals surface area contributed by atoms with E-state index in [1.807, 2.05) is 51.1 Å². The Morgan fingerprint density at radius 3 is 2.75 bits per heavy atom. The first-order chi connectivity index (χ1) is 13.4. The molecular weight excluding hydrogens is 354 g/mol. The Morgan fingerprint density at radius 2 is 2.04 bits per heavy atom. The SMILES string of the molecule is C/C=C(\C)COC(=O)C1=C(C)NC2=C(C1)C(=O)C[C@H](c1ccccc1OC)C2. The number of esters is 1. The van der Waals surface area contributed by atoms with Crippen molar-refractivity contribution in [1.82, 2.24) is 5.32 Å². The van der Waals surface area contributed by atoms with Gasteiger partial charge in [-0.2, -0.15) is 0 Å². The van der Waals surface area contributed by atoms with Crippen molar-refractivity contribution in [2.45, 2.75) is 46.0 Å². The summed E-state index contributed by atoms with van der Waals surface area (Å²) in [6.07, 6.45) is 3.38. The highest BCUT2D eigenvalue weighted by Gasteiger charge is 2.34. The summed E-state index contributed by atoms with van der Waals surface area (Å²) in [6.45, 7) is 5.95. The van der Waals surface area contributed by atoms with Gasteiger partial charge >= 0.3 is 5.97 Å². The summed E-state index contributed by atoms with van der Waals surface area (Å²) < 4.78 is 10.9. The fourth-order valence-corrected chi connectivity index (χ4v) is 3.70. The summed E-state index contributed by atoms with van der Waals surface area (Å²) in [4.78, 5) is 25.4. The van der Waals surface area contributed by atoms with Crippen LogP contribution >= 0.6 is 0 Å². The second kappa shape index (κ2) is 8.46. The van der Waals surface area contributed by atoms with Crippen molar-refractivity contribution in [2.24, 2.45) is 0 Å². The van der Waals surface area contributed by atoms with Crippen molar-refractivity contribution in [1.29, 1.82) is 0 Å². The van der Waals surface area contributed by atoms with E-state index in [9.17, 15) is 9.59 Å². The number of carbonyl (C=O) groups excluding carboxylic acids is 2. The largest absolute Gasteiger partial charge is 0.496 e. The third-order valence-corrected chi connectivity index (χ3v) is 5.48. The molecule has 1 N–H and O–H groups in total. The molecule has 0 saturated carbocycles. The number of dihydropyridines is 1.